The molecule has 0 aromatic carbocycles. The molecule has 17 heavy (non-hydrogen) atoms. The van der Waals surface area contributed by atoms with Crippen molar-refractivity contribution in [2.45, 2.75) is 39.0 Å². The Morgan fingerprint density at radius 3 is 2.82 bits per heavy atom. The number of anilines is 1. The Morgan fingerprint density at radius 1 is 1.59 bits per heavy atom. The molecule has 0 unspecified atom stereocenters. The van der Waals surface area contributed by atoms with Crippen molar-refractivity contribution >= 4 is 22.4 Å². The monoisotopic (exact) mass is 253 g/mol. The Balaban J connectivity index is 1.91. The van der Waals surface area contributed by atoms with E-state index in [4.69, 9.17) is 5.73 Å². The first-order valence-electron chi connectivity index (χ1n) is 6.14. The number of rotatable bonds is 4. The summed E-state index contributed by atoms with van der Waals surface area (Å²) in [5.41, 5.74) is 6.27. The van der Waals surface area contributed by atoms with Gasteiger partial charge in [0.2, 0.25) is 0 Å². The standard InChI is InChI=1S/C12H19N3OS/c1-2-12(5-3-4-6-12)8-14-10(16)9-7-17-11(13)15-9/h7H,2-6,8H2,1H3,(H2,13,15)(H,14,16). The predicted molar refractivity (Wildman–Crippen MR) is 70.1 cm³/mol. The molecule has 1 aromatic rings. The predicted octanol–water partition coefficient (Wildman–Crippen LogP) is 2.43. The second-order valence-electron chi connectivity index (χ2n) is 4.81. The minimum atomic E-state index is -0.0994. The van der Waals surface area contributed by atoms with E-state index < -0.39 is 0 Å². The SMILES string of the molecule is CCC1(CNC(=O)c2csc(N)n2)CCCC1. The van der Waals surface area contributed by atoms with Crippen LogP contribution >= 0.6 is 11.3 Å². The van der Waals surface area contributed by atoms with E-state index in [0.29, 0.717) is 16.2 Å². The van der Waals surface area contributed by atoms with E-state index in [1.165, 1.54) is 37.0 Å². The van der Waals surface area contributed by atoms with Gasteiger partial charge < -0.3 is 11.1 Å². The van der Waals surface area contributed by atoms with Gasteiger partial charge in [-0.05, 0) is 24.7 Å². The number of carbonyl (C=O) groups is 1. The number of aromatic nitrogens is 1. The van der Waals surface area contributed by atoms with Crippen molar-refractivity contribution in [1.29, 1.82) is 0 Å². The lowest BCUT2D eigenvalue weighted by Crippen LogP contribution is -2.35. The van der Waals surface area contributed by atoms with Crippen molar-refractivity contribution in [3.63, 3.8) is 0 Å². The number of hydrogen-bond donors (Lipinski definition) is 2. The van der Waals surface area contributed by atoms with Crippen LogP contribution in [0.2, 0.25) is 0 Å². The Morgan fingerprint density at radius 2 is 2.29 bits per heavy atom. The normalized spacial score (nSPS) is 18.2. The highest BCUT2D eigenvalue weighted by molar-refractivity contribution is 7.13. The molecule has 94 valence electrons. The molecule has 0 spiro atoms. The zero-order valence-corrected chi connectivity index (χ0v) is 11.0. The van der Waals surface area contributed by atoms with Gasteiger partial charge in [-0.25, -0.2) is 4.98 Å². The molecule has 1 fully saturated rings. The summed E-state index contributed by atoms with van der Waals surface area (Å²) >= 11 is 1.30. The lowest BCUT2D eigenvalue weighted by Gasteiger charge is -2.27. The van der Waals surface area contributed by atoms with Crippen molar-refractivity contribution in [2.24, 2.45) is 5.41 Å². The molecule has 1 saturated carbocycles. The van der Waals surface area contributed by atoms with Crippen LogP contribution in [0.1, 0.15) is 49.5 Å². The summed E-state index contributed by atoms with van der Waals surface area (Å²) in [6.07, 6.45) is 6.15. The third-order valence-electron chi connectivity index (χ3n) is 3.79. The van der Waals surface area contributed by atoms with Crippen molar-refractivity contribution in [2.75, 3.05) is 12.3 Å². The van der Waals surface area contributed by atoms with Crippen LogP contribution in [-0.4, -0.2) is 17.4 Å². The highest BCUT2D eigenvalue weighted by Crippen LogP contribution is 2.40. The molecule has 0 bridgehead atoms. The smallest absolute Gasteiger partial charge is 0.270 e. The number of nitrogens with one attached hydrogen (secondary N) is 1. The third kappa shape index (κ3) is 2.77. The van der Waals surface area contributed by atoms with Gasteiger partial charge in [-0.2, -0.15) is 0 Å². The lowest BCUT2D eigenvalue weighted by atomic mass is 9.83. The van der Waals surface area contributed by atoms with E-state index in [1.807, 2.05) is 0 Å². The van der Waals surface area contributed by atoms with Crippen LogP contribution in [0.4, 0.5) is 5.13 Å². The van der Waals surface area contributed by atoms with Gasteiger partial charge in [-0.15, -0.1) is 11.3 Å². The molecule has 1 aliphatic carbocycles. The van der Waals surface area contributed by atoms with Crippen LogP contribution in [0.15, 0.2) is 5.38 Å². The first kappa shape index (κ1) is 12.4. The molecular formula is C12H19N3OS. The minimum absolute atomic E-state index is 0.0994. The van der Waals surface area contributed by atoms with E-state index in [1.54, 1.807) is 5.38 Å². The Hall–Kier alpha value is -1.10. The first-order chi connectivity index (χ1) is 8.15. The molecule has 1 aromatic heterocycles. The number of hydrogen-bond acceptors (Lipinski definition) is 4. The number of nitrogens with two attached hydrogens (primary N) is 1. The minimum Gasteiger partial charge on any atom is -0.375 e. The van der Waals surface area contributed by atoms with Gasteiger partial charge in [0.25, 0.3) is 5.91 Å². The molecule has 1 heterocycles. The quantitative estimate of drug-likeness (QED) is 0.866. The highest BCUT2D eigenvalue weighted by Gasteiger charge is 2.32. The maximum atomic E-state index is 11.9. The zero-order chi connectivity index (χ0) is 12.3. The molecule has 5 heteroatoms. The van der Waals surface area contributed by atoms with Crippen molar-refractivity contribution in [3.05, 3.63) is 11.1 Å². The molecule has 3 N–H and O–H groups in total. The Bertz CT molecular complexity index is 396. The van der Waals surface area contributed by atoms with Gasteiger partial charge in [-0.1, -0.05) is 19.8 Å². The van der Waals surface area contributed by atoms with Gasteiger partial charge in [0.15, 0.2) is 5.13 Å². The first-order valence-corrected chi connectivity index (χ1v) is 7.02. The second kappa shape index (κ2) is 5.04. The fourth-order valence-electron chi connectivity index (χ4n) is 2.53. The summed E-state index contributed by atoms with van der Waals surface area (Å²) in [6, 6.07) is 0. The summed E-state index contributed by atoms with van der Waals surface area (Å²) in [6.45, 7) is 2.97. The molecule has 0 atom stereocenters. The van der Waals surface area contributed by atoms with Gasteiger partial charge in [-0.3, -0.25) is 4.79 Å². The van der Waals surface area contributed by atoms with Crippen LogP contribution in [-0.2, 0) is 0 Å². The summed E-state index contributed by atoms with van der Waals surface area (Å²) < 4.78 is 0. The van der Waals surface area contributed by atoms with E-state index in [0.717, 1.165) is 13.0 Å². The van der Waals surface area contributed by atoms with Crippen LogP contribution < -0.4 is 11.1 Å². The fraction of sp³-hybridized carbons (Fsp3) is 0.667. The summed E-state index contributed by atoms with van der Waals surface area (Å²) in [7, 11) is 0. The average molecular weight is 253 g/mol. The van der Waals surface area contributed by atoms with Crippen LogP contribution in [0.3, 0.4) is 0 Å². The second-order valence-corrected chi connectivity index (χ2v) is 5.70. The van der Waals surface area contributed by atoms with Gasteiger partial charge >= 0.3 is 0 Å². The van der Waals surface area contributed by atoms with E-state index in [2.05, 4.69) is 17.2 Å². The topological polar surface area (TPSA) is 68.0 Å². The van der Waals surface area contributed by atoms with Gasteiger partial charge in [0.05, 0.1) is 0 Å². The average Bonchev–Trinajstić information content (AvgIpc) is 2.95. The largest absolute Gasteiger partial charge is 0.375 e. The molecule has 1 aliphatic rings. The highest BCUT2D eigenvalue weighted by atomic mass is 32.1. The van der Waals surface area contributed by atoms with Crippen molar-refractivity contribution < 1.29 is 4.79 Å². The Labute approximate surface area is 106 Å². The molecule has 1 amide bonds. The van der Waals surface area contributed by atoms with E-state index >= 15 is 0 Å². The molecular weight excluding hydrogens is 234 g/mol. The van der Waals surface area contributed by atoms with Gasteiger partial charge in [0.1, 0.15) is 5.69 Å². The summed E-state index contributed by atoms with van der Waals surface area (Å²) in [4.78, 5) is 15.8. The van der Waals surface area contributed by atoms with E-state index in [9.17, 15) is 4.79 Å². The maximum absolute atomic E-state index is 11.9. The zero-order valence-electron chi connectivity index (χ0n) is 10.2. The molecule has 2 rings (SSSR count). The molecule has 0 aliphatic heterocycles. The lowest BCUT2D eigenvalue weighted by molar-refractivity contribution is 0.0924. The molecule has 0 saturated heterocycles. The van der Waals surface area contributed by atoms with Crippen LogP contribution in [0, 0.1) is 5.41 Å². The summed E-state index contributed by atoms with van der Waals surface area (Å²) in [5, 5.41) is 5.15. The van der Waals surface area contributed by atoms with Crippen LogP contribution in [0.5, 0.6) is 0 Å². The third-order valence-corrected chi connectivity index (χ3v) is 4.47. The fourth-order valence-corrected chi connectivity index (χ4v) is 3.07. The Kier molecular flexibility index (Phi) is 3.66. The van der Waals surface area contributed by atoms with Crippen LogP contribution in [0.25, 0.3) is 0 Å². The van der Waals surface area contributed by atoms with Crippen molar-refractivity contribution in [3.8, 4) is 0 Å². The molecule has 4 nitrogen and oxygen atoms in total. The number of thiazole rings is 1. The number of carbonyl (C=O) groups excluding carboxylic acids is 1. The number of nitrogen functional groups attached to an aromatic ring is 1. The maximum Gasteiger partial charge on any atom is 0.270 e. The van der Waals surface area contributed by atoms with Crippen molar-refractivity contribution in [1.82, 2.24) is 10.3 Å². The van der Waals surface area contributed by atoms with E-state index in [-0.39, 0.29) is 5.91 Å². The number of nitrogens with zero attached hydrogens (tertiary/aromatic N) is 1. The molecule has 0 radical (unpaired) electrons. The van der Waals surface area contributed by atoms with Gasteiger partial charge in [0, 0.05) is 11.9 Å². The summed E-state index contributed by atoms with van der Waals surface area (Å²) in [5.74, 6) is -0.0994. The number of amides is 1.